The van der Waals surface area contributed by atoms with E-state index in [9.17, 15) is 12.8 Å². The molecule has 0 saturated carbocycles. The van der Waals surface area contributed by atoms with Crippen LogP contribution >= 0.6 is 0 Å². The van der Waals surface area contributed by atoms with Crippen LogP contribution in [-0.2, 0) is 16.6 Å². The number of hydrogen-bond donors (Lipinski definition) is 1. The van der Waals surface area contributed by atoms with Crippen molar-refractivity contribution in [2.24, 2.45) is 0 Å². The number of sulfonamides is 1. The fourth-order valence-corrected chi connectivity index (χ4v) is 4.15. The second-order valence-corrected chi connectivity index (χ2v) is 7.34. The van der Waals surface area contributed by atoms with Gasteiger partial charge in [-0.2, -0.15) is 4.31 Å². The lowest BCUT2D eigenvalue weighted by Crippen LogP contribution is -2.37. The smallest absolute Gasteiger partial charge is 0.243 e. The summed E-state index contributed by atoms with van der Waals surface area (Å²) < 4.78 is 41.0. The molecule has 0 unspecified atom stereocenters. The summed E-state index contributed by atoms with van der Waals surface area (Å²) >= 11 is 0. The second-order valence-electron chi connectivity index (χ2n) is 5.45. The first-order valence-electron chi connectivity index (χ1n) is 7.21. The van der Waals surface area contributed by atoms with Gasteiger partial charge in [0.05, 0.1) is 4.90 Å². The molecule has 1 aromatic carbocycles. The van der Waals surface area contributed by atoms with Gasteiger partial charge in [0.1, 0.15) is 5.82 Å². The topological polar surface area (TPSA) is 49.4 Å². The molecule has 0 heterocycles. The van der Waals surface area contributed by atoms with Crippen molar-refractivity contribution in [3.8, 4) is 0 Å². The van der Waals surface area contributed by atoms with Gasteiger partial charge in [0, 0.05) is 24.7 Å². The normalized spacial score (nSPS) is 12.4. The molecule has 1 N–H and O–H groups in total. The van der Waals surface area contributed by atoms with Gasteiger partial charge in [-0.05, 0) is 51.9 Å². The molecule has 120 valence electrons. The maximum atomic E-state index is 14.0. The van der Waals surface area contributed by atoms with Crippen LogP contribution in [0, 0.1) is 12.7 Å². The van der Waals surface area contributed by atoms with E-state index in [2.05, 4.69) is 5.32 Å². The summed E-state index contributed by atoms with van der Waals surface area (Å²) in [6.45, 7) is 7.97. The van der Waals surface area contributed by atoms with Crippen molar-refractivity contribution in [2.45, 2.75) is 51.6 Å². The van der Waals surface area contributed by atoms with Crippen LogP contribution in [0.1, 0.15) is 38.3 Å². The molecule has 6 heteroatoms. The van der Waals surface area contributed by atoms with Crippen LogP contribution in [0.5, 0.6) is 0 Å². The van der Waals surface area contributed by atoms with Gasteiger partial charge in [-0.1, -0.05) is 6.92 Å². The standard InChI is InChI=1S/C15H25FN2O2S/c1-6-7-18(11(2)3)21(19,20)14-8-12(4)15(16)13(9-14)10-17-5/h8-9,11,17H,6-7,10H2,1-5H3. The third-order valence-electron chi connectivity index (χ3n) is 3.30. The Kier molecular flexibility index (Phi) is 6.31. The van der Waals surface area contributed by atoms with E-state index in [1.807, 2.05) is 20.8 Å². The Labute approximate surface area is 127 Å². The molecule has 0 aliphatic carbocycles. The van der Waals surface area contributed by atoms with Crippen molar-refractivity contribution in [3.63, 3.8) is 0 Å². The average Bonchev–Trinajstić information content (AvgIpc) is 2.40. The highest BCUT2D eigenvalue weighted by Gasteiger charge is 2.27. The van der Waals surface area contributed by atoms with Gasteiger partial charge in [0.15, 0.2) is 0 Å². The van der Waals surface area contributed by atoms with Crippen molar-refractivity contribution in [2.75, 3.05) is 13.6 Å². The maximum Gasteiger partial charge on any atom is 0.243 e. The maximum absolute atomic E-state index is 14.0. The number of nitrogens with one attached hydrogen (secondary N) is 1. The van der Waals surface area contributed by atoms with E-state index < -0.39 is 10.0 Å². The fourth-order valence-electron chi connectivity index (χ4n) is 2.29. The number of rotatable bonds is 7. The molecule has 21 heavy (non-hydrogen) atoms. The molecule has 0 amide bonds. The molecule has 0 aliphatic heterocycles. The van der Waals surface area contributed by atoms with Gasteiger partial charge in [-0.25, -0.2) is 12.8 Å². The van der Waals surface area contributed by atoms with Crippen molar-refractivity contribution < 1.29 is 12.8 Å². The zero-order chi connectivity index (χ0) is 16.2. The highest BCUT2D eigenvalue weighted by atomic mass is 32.2. The van der Waals surface area contributed by atoms with E-state index in [1.165, 1.54) is 16.4 Å². The number of benzene rings is 1. The van der Waals surface area contributed by atoms with E-state index in [4.69, 9.17) is 0 Å². The lowest BCUT2D eigenvalue weighted by atomic mass is 10.1. The second kappa shape index (κ2) is 7.33. The molecule has 0 aliphatic rings. The summed E-state index contributed by atoms with van der Waals surface area (Å²) in [5, 5.41) is 2.86. The monoisotopic (exact) mass is 316 g/mol. The van der Waals surface area contributed by atoms with Crippen LogP contribution in [0.2, 0.25) is 0 Å². The average molecular weight is 316 g/mol. The lowest BCUT2D eigenvalue weighted by molar-refractivity contribution is 0.354. The Morgan fingerprint density at radius 3 is 2.43 bits per heavy atom. The van der Waals surface area contributed by atoms with Crippen LogP contribution in [0.25, 0.3) is 0 Å². The number of aryl methyl sites for hydroxylation is 1. The molecular weight excluding hydrogens is 291 g/mol. The molecule has 0 spiro atoms. The summed E-state index contributed by atoms with van der Waals surface area (Å²) in [4.78, 5) is 0.161. The van der Waals surface area contributed by atoms with Gasteiger partial charge in [-0.3, -0.25) is 0 Å². The summed E-state index contributed by atoms with van der Waals surface area (Å²) in [7, 11) is -1.90. The summed E-state index contributed by atoms with van der Waals surface area (Å²) in [6, 6.07) is 2.71. The van der Waals surface area contributed by atoms with Gasteiger partial charge in [0.25, 0.3) is 0 Å². The first-order chi connectivity index (χ1) is 9.75. The summed E-state index contributed by atoms with van der Waals surface area (Å²) in [5.74, 6) is -0.352. The van der Waals surface area contributed by atoms with E-state index in [-0.39, 0.29) is 16.8 Å². The van der Waals surface area contributed by atoms with Crippen molar-refractivity contribution in [1.82, 2.24) is 9.62 Å². The number of halogens is 1. The summed E-state index contributed by atoms with van der Waals surface area (Å²) in [5.41, 5.74) is 0.720. The largest absolute Gasteiger partial charge is 0.316 e. The predicted molar refractivity (Wildman–Crippen MR) is 83.2 cm³/mol. The van der Waals surface area contributed by atoms with Crippen LogP contribution in [-0.4, -0.2) is 32.4 Å². The minimum atomic E-state index is -3.60. The van der Waals surface area contributed by atoms with Crippen LogP contribution in [0.15, 0.2) is 17.0 Å². The van der Waals surface area contributed by atoms with Crippen molar-refractivity contribution in [3.05, 3.63) is 29.1 Å². The minimum absolute atomic E-state index is 0.131. The molecule has 0 bridgehead atoms. The van der Waals surface area contributed by atoms with Crippen molar-refractivity contribution in [1.29, 1.82) is 0 Å². The Balaban J connectivity index is 3.36. The Bertz CT molecular complexity index is 586. The van der Waals surface area contributed by atoms with Gasteiger partial charge in [0.2, 0.25) is 10.0 Å². The zero-order valence-corrected chi connectivity index (χ0v) is 14.2. The van der Waals surface area contributed by atoms with Gasteiger partial charge in [-0.15, -0.1) is 0 Å². The molecule has 0 aromatic heterocycles. The van der Waals surface area contributed by atoms with Crippen molar-refractivity contribution >= 4 is 10.0 Å². The Morgan fingerprint density at radius 1 is 1.33 bits per heavy atom. The molecule has 1 rings (SSSR count). The molecule has 1 aromatic rings. The molecule has 0 atom stereocenters. The van der Waals surface area contributed by atoms with E-state index >= 15 is 0 Å². The van der Waals surface area contributed by atoms with E-state index in [0.29, 0.717) is 24.2 Å². The molecule has 0 fully saturated rings. The van der Waals surface area contributed by atoms with Crippen LogP contribution in [0.4, 0.5) is 4.39 Å². The number of hydrogen-bond acceptors (Lipinski definition) is 3. The van der Waals surface area contributed by atoms with Crippen LogP contribution < -0.4 is 5.32 Å². The third-order valence-corrected chi connectivity index (χ3v) is 5.35. The van der Waals surface area contributed by atoms with Gasteiger partial charge >= 0.3 is 0 Å². The highest BCUT2D eigenvalue weighted by molar-refractivity contribution is 7.89. The first-order valence-corrected chi connectivity index (χ1v) is 8.65. The van der Waals surface area contributed by atoms with E-state index in [0.717, 1.165) is 6.42 Å². The third kappa shape index (κ3) is 4.02. The predicted octanol–water partition coefficient (Wildman–Crippen LogP) is 2.66. The first kappa shape index (κ1) is 18.1. The van der Waals surface area contributed by atoms with Gasteiger partial charge < -0.3 is 5.32 Å². The molecular formula is C15H25FN2O2S. The van der Waals surface area contributed by atoms with E-state index in [1.54, 1.807) is 14.0 Å². The fraction of sp³-hybridized carbons (Fsp3) is 0.600. The van der Waals surface area contributed by atoms with Crippen LogP contribution in [0.3, 0.4) is 0 Å². The molecule has 0 saturated heterocycles. The lowest BCUT2D eigenvalue weighted by Gasteiger charge is -2.26. The quantitative estimate of drug-likeness (QED) is 0.841. The molecule has 4 nitrogen and oxygen atoms in total. The summed E-state index contributed by atoms with van der Waals surface area (Å²) in [6.07, 6.45) is 0.737. The Morgan fingerprint density at radius 2 is 1.95 bits per heavy atom. The number of nitrogens with zero attached hydrogens (tertiary/aromatic N) is 1. The zero-order valence-electron chi connectivity index (χ0n) is 13.4. The highest BCUT2D eigenvalue weighted by Crippen LogP contribution is 2.24. The SMILES string of the molecule is CCCN(C(C)C)S(=O)(=O)c1cc(C)c(F)c(CNC)c1. The molecule has 0 radical (unpaired) electrons. The Hall–Kier alpha value is -0.980. The minimum Gasteiger partial charge on any atom is -0.316 e.